The zero-order chi connectivity index (χ0) is 18.7. The lowest BCUT2D eigenvalue weighted by Crippen LogP contribution is -2.55. The van der Waals surface area contributed by atoms with Gasteiger partial charge in [-0.15, -0.1) is 0 Å². The van der Waals surface area contributed by atoms with E-state index in [-0.39, 0.29) is 18.7 Å². The average molecular weight is 360 g/mol. The lowest BCUT2D eigenvalue weighted by Gasteiger charge is -2.39. The molecule has 3 N–H and O–H groups in total. The first-order chi connectivity index (χ1) is 12.5. The van der Waals surface area contributed by atoms with E-state index in [0.29, 0.717) is 24.3 Å². The summed E-state index contributed by atoms with van der Waals surface area (Å²) in [4.78, 5) is 31.7. The molecule has 1 aromatic carbocycles. The van der Waals surface area contributed by atoms with Crippen molar-refractivity contribution >= 4 is 28.6 Å². The fourth-order valence-corrected chi connectivity index (χ4v) is 3.39. The van der Waals surface area contributed by atoms with Gasteiger partial charge in [0.1, 0.15) is 0 Å². The fourth-order valence-electron chi connectivity index (χ4n) is 3.39. The average Bonchev–Trinajstić information content (AvgIpc) is 3.09. The van der Waals surface area contributed by atoms with Crippen LogP contribution in [0.25, 0.3) is 10.9 Å². The highest BCUT2D eigenvalue weighted by Crippen LogP contribution is 2.24. The summed E-state index contributed by atoms with van der Waals surface area (Å²) < 4.78 is 4.84. The van der Waals surface area contributed by atoms with Crippen molar-refractivity contribution in [2.75, 3.05) is 45.2 Å². The predicted molar refractivity (Wildman–Crippen MR) is 98.4 cm³/mol. The number of urea groups is 1. The summed E-state index contributed by atoms with van der Waals surface area (Å²) in [5.41, 5.74) is 1.70. The lowest BCUT2D eigenvalue weighted by atomic mass is 10.1. The van der Waals surface area contributed by atoms with Crippen LogP contribution in [0.4, 0.5) is 10.5 Å². The first-order valence-corrected chi connectivity index (χ1v) is 8.63. The van der Waals surface area contributed by atoms with Gasteiger partial charge >= 0.3 is 12.0 Å². The smallest absolute Gasteiger partial charge is 0.338 e. The molecule has 2 aromatic rings. The van der Waals surface area contributed by atoms with Crippen LogP contribution in [0.15, 0.2) is 24.4 Å². The van der Waals surface area contributed by atoms with Gasteiger partial charge in [0.05, 0.1) is 19.3 Å². The monoisotopic (exact) mass is 360 g/mol. The second kappa shape index (κ2) is 7.76. The van der Waals surface area contributed by atoms with Gasteiger partial charge in [-0.3, -0.25) is 4.90 Å². The summed E-state index contributed by atoms with van der Waals surface area (Å²) in [5, 5.41) is 12.7. The molecule has 0 spiro atoms. The topological polar surface area (TPSA) is 97.9 Å². The summed E-state index contributed by atoms with van der Waals surface area (Å²) in [7, 11) is 1.33. The number of esters is 1. The third kappa shape index (κ3) is 3.66. The van der Waals surface area contributed by atoms with Crippen molar-refractivity contribution in [2.45, 2.75) is 13.0 Å². The number of aromatic amines is 1. The molecular formula is C18H24N4O4. The van der Waals surface area contributed by atoms with Crippen molar-refractivity contribution in [1.82, 2.24) is 14.8 Å². The summed E-state index contributed by atoms with van der Waals surface area (Å²) in [6.07, 6.45) is 1.74. The van der Waals surface area contributed by atoms with Gasteiger partial charge < -0.3 is 25.0 Å². The number of anilines is 1. The van der Waals surface area contributed by atoms with Crippen LogP contribution >= 0.6 is 0 Å². The van der Waals surface area contributed by atoms with Crippen LogP contribution in [0.2, 0.25) is 0 Å². The molecule has 3 rings (SSSR count). The molecule has 0 radical (unpaired) electrons. The number of hydrogen-bond donors (Lipinski definition) is 3. The van der Waals surface area contributed by atoms with Crippen molar-refractivity contribution in [1.29, 1.82) is 0 Å². The van der Waals surface area contributed by atoms with E-state index in [1.807, 2.05) is 6.92 Å². The number of amides is 2. The fraction of sp³-hybridized carbons (Fsp3) is 0.444. The number of hydrogen-bond acceptors (Lipinski definition) is 5. The molecule has 1 aliphatic heterocycles. The standard InChI is InChI=1S/C18H24N4O4/c1-12-11-21(7-8-23)5-6-22(12)18(25)20-13-9-15(17(24)26-2)14-3-4-19-16(14)10-13/h3-4,9-10,12,19,23H,5-8,11H2,1-2H3,(H,20,25). The van der Waals surface area contributed by atoms with Gasteiger partial charge in [-0.25, -0.2) is 9.59 Å². The zero-order valence-electron chi connectivity index (χ0n) is 15.0. The molecule has 0 saturated carbocycles. The van der Waals surface area contributed by atoms with E-state index >= 15 is 0 Å². The summed E-state index contributed by atoms with van der Waals surface area (Å²) >= 11 is 0. The summed E-state index contributed by atoms with van der Waals surface area (Å²) in [5.74, 6) is -0.448. The molecule has 1 unspecified atom stereocenters. The number of piperazine rings is 1. The number of nitrogens with one attached hydrogen (secondary N) is 2. The Morgan fingerprint density at radius 3 is 2.88 bits per heavy atom. The maximum Gasteiger partial charge on any atom is 0.338 e. The summed E-state index contributed by atoms with van der Waals surface area (Å²) in [6.45, 7) is 4.74. The molecule has 1 fully saturated rings. The second-order valence-corrected chi connectivity index (χ2v) is 6.45. The van der Waals surface area contributed by atoms with E-state index in [2.05, 4.69) is 15.2 Å². The molecule has 26 heavy (non-hydrogen) atoms. The Hall–Kier alpha value is -2.58. The normalized spacial score (nSPS) is 18.1. The van der Waals surface area contributed by atoms with Crippen LogP contribution in [0.3, 0.4) is 0 Å². The molecule has 0 bridgehead atoms. The molecule has 8 heteroatoms. The van der Waals surface area contributed by atoms with Gasteiger partial charge in [0, 0.05) is 55.0 Å². The van der Waals surface area contributed by atoms with Gasteiger partial charge in [0.25, 0.3) is 0 Å². The molecule has 8 nitrogen and oxygen atoms in total. The molecule has 1 aliphatic rings. The first kappa shape index (κ1) is 18.2. The molecule has 0 aliphatic carbocycles. The second-order valence-electron chi connectivity index (χ2n) is 6.45. The van der Waals surface area contributed by atoms with E-state index in [0.717, 1.165) is 24.0 Å². The van der Waals surface area contributed by atoms with Crippen molar-refractivity contribution in [3.8, 4) is 0 Å². The number of aliphatic hydroxyl groups excluding tert-OH is 1. The van der Waals surface area contributed by atoms with Crippen molar-refractivity contribution in [3.05, 3.63) is 30.0 Å². The summed E-state index contributed by atoms with van der Waals surface area (Å²) in [6, 6.07) is 5.06. The number of nitrogens with zero attached hydrogens (tertiary/aromatic N) is 2. The van der Waals surface area contributed by atoms with E-state index in [4.69, 9.17) is 9.84 Å². The highest BCUT2D eigenvalue weighted by Gasteiger charge is 2.27. The van der Waals surface area contributed by atoms with E-state index in [1.165, 1.54) is 7.11 Å². The van der Waals surface area contributed by atoms with E-state index in [9.17, 15) is 9.59 Å². The third-order valence-corrected chi connectivity index (χ3v) is 4.71. The Labute approximate surface area is 151 Å². The minimum Gasteiger partial charge on any atom is -0.465 e. The van der Waals surface area contributed by atoms with Crippen molar-refractivity contribution in [3.63, 3.8) is 0 Å². The minimum atomic E-state index is -0.448. The zero-order valence-corrected chi connectivity index (χ0v) is 15.0. The Kier molecular flexibility index (Phi) is 5.43. The number of methoxy groups -OCH3 is 1. The quantitative estimate of drug-likeness (QED) is 0.718. The van der Waals surface area contributed by atoms with E-state index < -0.39 is 5.97 Å². The van der Waals surface area contributed by atoms with Crippen LogP contribution in [0.5, 0.6) is 0 Å². The number of carbonyl (C=O) groups is 2. The number of carbonyl (C=O) groups excluding carboxylic acids is 2. The van der Waals surface area contributed by atoms with Gasteiger partial charge in [-0.1, -0.05) is 0 Å². The maximum atomic E-state index is 12.7. The number of H-pyrrole nitrogens is 1. The molecule has 1 saturated heterocycles. The third-order valence-electron chi connectivity index (χ3n) is 4.71. The van der Waals surface area contributed by atoms with Gasteiger partial charge in [0.15, 0.2) is 0 Å². The number of rotatable bonds is 4. The van der Waals surface area contributed by atoms with E-state index in [1.54, 1.807) is 29.3 Å². The van der Waals surface area contributed by atoms with Gasteiger partial charge in [-0.2, -0.15) is 0 Å². The maximum absolute atomic E-state index is 12.7. The van der Waals surface area contributed by atoms with Crippen LogP contribution < -0.4 is 5.32 Å². The Morgan fingerprint density at radius 1 is 1.38 bits per heavy atom. The van der Waals surface area contributed by atoms with Crippen molar-refractivity contribution in [2.24, 2.45) is 0 Å². The minimum absolute atomic E-state index is 0.0320. The van der Waals surface area contributed by atoms with Crippen molar-refractivity contribution < 1.29 is 19.4 Å². The Morgan fingerprint density at radius 2 is 2.19 bits per heavy atom. The molecule has 2 amide bonds. The number of benzene rings is 1. The largest absolute Gasteiger partial charge is 0.465 e. The molecule has 1 atom stereocenters. The number of ether oxygens (including phenoxy) is 1. The van der Waals surface area contributed by atoms with Crippen LogP contribution in [0.1, 0.15) is 17.3 Å². The Bertz CT molecular complexity index is 804. The number of β-amino-alcohol motifs (C(OH)–C–C–N with tert-alkyl or cyclic N) is 1. The number of aliphatic hydroxyl groups is 1. The highest BCUT2D eigenvalue weighted by molar-refractivity contribution is 6.06. The predicted octanol–water partition coefficient (Wildman–Crippen LogP) is 1.48. The van der Waals surface area contributed by atoms with Gasteiger partial charge in [-0.05, 0) is 25.1 Å². The van der Waals surface area contributed by atoms with Crippen LogP contribution in [0, 0.1) is 0 Å². The lowest BCUT2D eigenvalue weighted by molar-refractivity contribution is 0.0603. The van der Waals surface area contributed by atoms with Gasteiger partial charge in [0.2, 0.25) is 0 Å². The SMILES string of the molecule is COC(=O)c1cc(NC(=O)N2CCN(CCO)CC2C)cc2[nH]ccc12. The number of fused-ring (bicyclic) bond motifs is 1. The Balaban J connectivity index is 1.76. The number of aromatic nitrogens is 1. The molecule has 140 valence electrons. The molecule has 2 heterocycles. The molecule has 1 aromatic heterocycles. The van der Waals surface area contributed by atoms with Crippen LogP contribution in [-0.2, 0) is 4.74 Å². The molecular weight excluding hydrogens is 336 g/mol. The first-order valence-electron chi connectivity index (χ1n) is 8.63. The highest BCUT2D eigenvalue weighted by atomic mass is 16.5. The van der Waals surface area contributed by atoms with Crippen LogP contribution in [-0.4, -0.2) is 77.8 Å².